The topological polar surface area (TPSA) is 70.9 Å². The second kappa shape index (κ2) is 8.32. The van der Waals surface area contributed by atoms with Crippen molar-refractivity contribution in [2.75, 3.05) is 5.32 Å². The summed E-state index contributed by atoms with van der Waals surface area (Å²) in [6, 6.07) is 9.12. The first-order valence-corrected chi connectivity index (χ1v) is 9.44. The molecule has 0 amide bonds. The van der Waals surface area contributed by atoms with Gasteiger partial charge in [-0.15, -0.1) is 0 Å². The molecular formula is C22H14F6N4O. The van der Waals surface area contributed by atoms with Gasteiger partial charge in [0.2, 0.25) is 0 Å². The second-order valence-electron chi connectivity index (χ2n) is 6.98. The summed E-state index contributed by atoms with van der Waals surface area (Å²) in [5.74, 6) is 0. The van der Waals surface area contributed by atoms with E-state index in [9.17, 15) is 31.4 Å². The van der Waals surface area contributed by atoms with Crippen molar-refractivity contribution in [2.45, 2.75) is 19.0 Å². The lowest BCUT2D eigenvalue weighted by Crippen LogP contribution is -2.09. The van der Waals surface area contributed by atoms with Crippen molar-refractivity contribution >= 4 is 22.4 Å². The normalized spacial score (nSPS) is 12.2. The highest BCUT2D eigenvalue weighted by Gasteiger charge is 2.34. The number of benzene rings is 1. The molecule has 3 aromatic heterocycles. The molecule has 4 aromatic rings. The molecule has 0 bridgehead atoms. The number of alkyl halides is 6. The van der Waals surface area contributed by atoms with Gasteiger partial charge >= 0.3 is 12.4 Å². The molecule has 0 radical (unpaired) electrons. The van der Waals surface area contributed by atoms with Crippen molar-refractivity contribution in [1.82, 2.24) is 15.0 Å². The summed E-state index contributed by atoms with van der Waals surface area (Å²) in [6.07, 6.45) is -6.62. The molecule has 0 atom stereocenters. The zero-order valence-corrected chi connectivity index (χ0v) is 16.5. The first-order chi connectivity index (χ1) is 15.6. The number of aliphatic hydroxyl groups is 1. The molecule has 0 aliphatic carbocycles. The number of fused-ring (bicyclic) bond motifs is 1. The van der Waals surface area contributed by atoms with Crippen molar-refractivity contribution in [1.29, 1.82) is 0 Å². The van der Waals surface area contributed by atoms with Gasteiger partial charge in [0.05, 0.1) is 29.1 Å². The molecule has 0 saturated heterocycles. The van der Waals surface area contributed by atoms with Crippen LogP contribution in [0.2, 0.25) is 0 Å². The lowest BCUT2D eigenvalue weighted by Gasteiger charge is -2.15. The quantitative estimate of drug-likeness (QED) is 0.365. The van der Waals surface area contributed by atoms with Gasteiger partial charge in [0, 0.05) is 29.0 Å². The molecule has 0 unspecified atom stereocenters. The van der Waals surface area contributed by atoms with E-state index in [-0.39, 0.29) is 17.0 Å². The van der Waals surface area contributed by atoms with Crippen LogP contribution in [-0.4, -0.2) is 20.1 Å². The summed E-state index contributed by atoms with van der Waals surface area (Å²) in [4.78, 5) is 12.1. The number of nitrogens with zero attached hydrogens (tertiary/aromatic N) is 3. The average molecular weight is 464 g/mol. The third-order valence-corrected chi connectivity index (χ3v) is 4.82. The van der Waals surface area contributed by atoms with Gasteiger partial charge in [-0.3, -0.25) is 4.98 Å². The van der Waals surface area contributed by atoms with Crippen LogP contribution in [0, 0.1) is 0 Å². The monoisotopic (exact) mass is 464 g/mol. The fourth-order valence-electron chi connectivity index (χ4n) is 3.24. The van der Waals surface area contributed by atoms with Crippen LogP contribution in [0.5, 0.6) is 0 Å². The molecule has 33 heavy (non-hydrogen) atoms. The molecule has 0 saturated carbocycles. The number of nitrogens with one attached hydrogen (secondary N) is 1. The molecule has 11 heteroatoms. The number of aromatic nitrogens is 3. The summed E-state index contributed by atoms with van der Waals surface area (Å²) in [7, 11) is 0. The molecule has 0 aliphatic rings. The summed E-state index contributed by atoms with van der Waals surface area (Å²) in [6.45, 7) is -0.438. The van der Waals surface area contributed by atoms with Crippen molar-refractivity contribution < 1.29 is 31.4 Å². The smallest absolute Gasteiger partial charge is 0.392 e. The molecule has 3 heterocycles. The van der Waals surface area contributed by atoms with Crippen LogP contribution in [0.1, 0.15) is 16.7 Å². The van der Waals surface area contributed by atoms with Gasteiger partial charge in [-0.25, -0.2) is 9.97 Å². The lowest BCUT2D eigenvalue weighted by molar-refractivity contribution is -0.138. The summed E-state index contributed by atoms with van der Waals surface area (Å²) in [5.41, 5.74) is -1.18. The molecule has 2 N–H and O–H groups in total. The highest BCUT2D eigenvalue weighted by Crippen LogP contribution is 2.37. The maximum Gasteiger partial charge on any atom is 0.418 e. The SMILES string of the molecule is OCc1cnc2nc(-c3ncccc3C(F)(F)F)ccc2c1Nc1ccc(C(F)(F)F)cc1. The third kappa shape index (κ3) is 4.58. The minimum atomic E-state index is -4.64. The highest BCUT2D eigenvalue weighted by molar-refractivity contribution is 5.93. The third-order valence-electron chi connectivity index (χ3n) is 4.82. The number of anilines is 2. The second-order valence-corrected chi connectivity index (χ2v) is 6.98. The van der Waals surface area contributed by atoms with Crippen molar-refractivity contribution in [3.63, 3.8) is 0 Å². The number of hydrogen-bond donors (Lipinski definition) is 2. The number of aliphatic hydroxyl groups excluding tert-OH is 1. The van der Waals surface area contributed by atoms with E-state index in [4.69, 9.17) is 0 Å². The zero-order valence-electron chi connectivity index (χ0n) is 16.5. The Morgan fingerprint density at radius 2 is 1.58 bits per heavy atom. The van der Waals surface area contributed by atoms with E-state index in [1.165, 1.54) is 42.7 Å². The van der Waals surface area contributed by atoms with E-state index in [2.05, 4.69) is 20.3 Å². The Morgan fingerprint density at radius 3 is 2.21 bits per heavy atom. The molecule has 170 valence electrons. The van der Waals surface area contributed by atoms with Crippen LogP contribution in [0.3, 0.4) is 0 Å². The zero-order chi connectivity index (χ0) is 23.8. The minimum Gasteiger partial charge on any atom is -0.392 e. The van der Waals surface area contributed by atoms with Crippen LogP contribution < -0.4 is 5.32 Å². The number of halogens is 6. The average Bonchev–Trinajstić information content (AvgIpc) is 2.78. The summed E-state index contributed by atoms with van der Waals surface area (Å²) < 4.78 is 78.5. The maximum absolute atomic E-state index is 13.4. The Morgan fingerprint density at radius 1 is 0.848 bits per heavy atom. The molecule has 0 spiro atoms. The first kappa shape index (κ1) is 22.5. The van der Waals surface area contributed by atoms with Crippen LogP contribution in [0.25, 0.3) is 22.4 Å². The number of hydrogen-bond acceptors (Lipinski definition) is 5. The van der Waals surface area contributed by atoms with Crippen molar-refractivity contribution in [2.24, 2.45) is 0 Å². The Hall–Kier alpha value is -3.73. The van der Waals surface area contributed by atoms with E-state index < -0.39 is 30.1 Å². The molecule has 5 nitrogen and oxygen atoms in total. The Bertz CT molecular complexity index is 1300. The van der Waals surface area contributed by atoms with E-state index >= 15 is 0 Å². The molecule has 0 aliphatic heterocycles. The maximum atomic E-state index is 13.4. The Kier molecular flexibility index (Phi) is 5.66. The van der Waals surface area contributed by atoms with Crippen molar-refractivity contribution in [3.8, 4) is 11.4 Å². The largest absolute Gasteiger partial charge is 0.418 e. The minimum absolute atomic E-state index is 0.0554. The molecule has 1 aromatic carbocycles. The number of pyridine rings is 3. The highest BCUT2D eigenvalue weighted by atomic mass is 19.4. The fraction of sp³-hybridized carbons (Fsp3) is 0.136. The fourth-order valence-corrected chi connectivity index (χ4v) is 3.24. The molecule has 0 fully saturated rings. The van der Waals surface area contributed by atoms with Gasteiger partial charge in [0.15, 0.2) is 5.65 Å². The van der Waals surface area contributed by atoms with Crippen LogP contribution in [0.4, 0.5) is 37.7 Å². The van der Waals surface area contributed by atoms with Crippen LogP contribution >= 0.6 is 0 Å². The molecule has 4 rings (SSSR count). The van der Waals surface area contributed by atoms with Gasteiger partial charge in [-0.05, 0) is 48.5 Å². The van der Waals surface area contributed by atoms with Gasteiger partial charge in [-0.1, -0.05) is 0 Å². The Balaban J connectivity index is 1.78. The van der Waals surface area contributed by atoms with Gasteiger partial charge < -0.3 is 10.4 Å². The summed E-state index contributed by atoms with van der Waals surface area (Å²) >= 11 is 0. The first-order valence-electron chi connectivity index (χ1n) is 9.44. The van der Waals surface area contributed by atoms with Crippen LogP contribution in [-0.2, 0) is 19.0 Å². The molecular weight excluding hydrogens is 450 g/mol. The lowest BCUT2D eigenvalue weighted by atomic mass is 10.1. The van der Waals surface area contributed by atoms with E-state index in [1.807, 2.05) is 0 Å². The predicted octanol–water partition coefficient (Wildman–Crippen LogP) is 5.97. The summed E-state index contributed by atoms with van der Waals surface area (Å²) in [5, 5.41) is 13.0. The van der Waals surface area contributed by atoms with E-state index in [0.29, 0.717) is 22.3 Å². The van der Waals surface area contributed by atoms with Gasteiger partial charge in [0.25, 0.3) is 0 Å². The van der Waals surface area contributed by atoms with Gasteiger partial charge in [0.1, 0.15) is 5.69 Å². The number of rotatable bonds is 4. The predicted molar refractivity (Wildman–Crippen MR) is 108 cm³/mol. The van der Waals surface area contributed by atoms with Crippen molar-refractivity contribution in [3.05, 3.63) is 77.6 Å². The van der Waals surface area contributed by atoms with Gasteiger partial charge in [-0.2, -0.15) is 26.3 Å². The van der Waals surface area contributed by atoms with Crippen LogP contribution in [0.15, 0.2) is 60.9 Å². The van der Waals surface area contributed by atoms with E-state index in [1.54, 1.807) is 0 Å². The standard InChI is InChI=1S/C22H14F6N4O/c23-21(24,25)13-3-5-14(6-4-13)31-18-12(11-33)10-30-20-15(18)7-8-17(32-20)19-16(22(26,27)28)2-1-9-29-19/h1-10,33H,11H2,(H,30,31,32). The van der Waals surface area contributed by atoms with E-state index in [0.717, 1.165) is 18.2 Å². The Labute approximate surface area is 182 Å².